The largest absolute Gasteiger partial charge is 0.506 e. The molecule has 7 rings (SSSR count). The second-order valence-corrected chi connectivity index (χ2v) is 12.7. The maximum atomic E-state index is 13.8. The number of H-pyrrole nitrogens is 1. The second kappa shape index (κ2) is 17.3. The Morgan fingerprint density at radius 3 is 2.42 bits per heavy atom. The Labute approximate surface area is 302 Å². The topological polar surface area (TPSA) is 164 Å². The van der Waals surface area contributed by atoms with E-state index in [-0.39, 0.29) is 72.5 Å². The molecule has 3 aromatic carbocycles. The van der Waals surface area contributed by atoms with Crippen LogP contribution in [0, 0.1) is 5.92 Å². The first-order valence-electron chi connectivity index (χ1n) is 16.6. The molecule has 11 nitrogen and oxygen atoms in total. The number of aromatic hydroxyl groups is 1. The highest BCUT2D eigenvalue weighted by atomic mass is 35.5. The number of pyridine rings is 1. The van der Waals surface area contributed by atoms with Crippen LogP contribution in [0.3, 0.4) is 0 Å². The summed E-state index contributed by atoms with van der Waals surface area (Å²) >= 11 is 0. The lowest BCUT2D eigenvalue weighted by Gasteiger charge is -2.44. The number of phenols is 1. The van der Waals surface area contributed by atoms with Crippen LogP contribution in [-0.4, -0.2) is 75.9 Å². The minimum absolute atomic E-state index is 0. The molecule has 4 heterocycles. The van der Waals surface area contributed by atoms with Gasteiger partial charge in [0.15, 0.2) is 0 Å². The van der Waals surface area contributed by atoms with Gasteiger partial charge in [0.2, 0.25) is 17.1 Å². The van der Waals surface area contributed by atoms with Gasteiger partial charge < -0.3 is 35.7 Å². The van der Waals surface area contributed by atoms with Gasteiger partial charge in [-0.2, -0.15) is 0 Å². The highest BCUT2D eigenvalue weighted by Gasteiger charge is 2.45. The van der Waals surface area contributed by atoms with Crippen LogP contribution >= 0.6 is 24.8 Å². The predicted molar refractivity (Wildman–Crippen MR) is 196 cm³/mol. The molecule has 1 unspecified atom stereocenters. The van der Waals surface area contributed by atoms with Crippen molar-refractivity contribution < 1.29 is 29.6 Å². The van der Waals surface area contributed by atoms with E-state index in [9.17, 15) is 29.7 Å². The molecule has 2 bridgehead atoms. The molecular formula is C37H44Cl2N4O7. The maximum absolute atomic E-state index is 13.8. The molecule has 0 spiro atoms. The molecule has 4 aromatic rings. The van der Waals surface area contributed by atoms with Crippen molar-refractivity contribution in [2.45, 2.75) is 49.9 Å². The Morgan fingerprint density at radius 2 is 1.70 bits per heavy atom. The number of esters is 1. The normalized spacial score (nSPS) is 19.8. The van der Waals surface area contributed by atoms with Crippen molar-refractivity contribution in [1.82, 2.24) is 15.2 Å². The van der Waals surface area contributed by atoms with Crippen LogP contribution in [0.5, 0.6) is 5.75 Å². The number of hydrogen-bond donors (Lipinski definition) is 6. The van der Waals surface area contributed by atoms with Gasteiger partial charge in [0.25, 0.3) is 0 Å². The number of carbonyl (C=O) groups is 2. The Hall–Kier alpha value is -3.97. The van der Waals surface area contributed by atoms with Crippen molar-refractivity contribution in [2.24, 2.45) is 5.92 Å². The number of carbonyl (C=O) groups excluding carboxylic acids is 2. The maximum Gasteiger partial charge on any atom is 0.348 e. The fraction of sp³-hybridized carbons (Fsp3) is 0.378. The van der Waals surface area contributed by atoms with Crippen LogP contribution < -0.4 is 16.2 Å². The summed E-state index contributed by atoms with van der Waals surface area (Å²) in [4.78, 5) is 43.1. The quantitative estimate of drug-likeness (QED) is 0.0867. The number of piperidine rings is 3. The van der Waals surface area contributed by atoms with Crippen molar-refractivity contribution >= 4 is 53.3 Å². The van der Waals surface area contributed by atoms with Gasteiger partial charge in [-0.05, 0) is 86.6 Å². The SMILES string of the molecule is Cl.Cl.O=C(CCCCNC[C@H](O)c1ccc(O)c2[nH]c(=O)ccc12)Nc1cccc(C(O)(C(=O)O[C@H]2CN3CCC2CC3)c2ccccc2)c1. The third-order valence-electron chi connectivity index (χ3n) is 9.52. The van der Waals surface area contributed by atoms with Gasteiger partial charge in [0.1, 0.15) is 11.9 Å². The summed E-state index contributed by atoms with van der Waals surface area (Å²) in [5, 5.41) is 39.5. The summed E-state index contributed by atoms with van der Waals surface area (Å²) in [6.45, 7) is 3.51. The number of nitrogens with one attached hydrogen (secondary N) is 3. The van der Waals surface area contributed by atoms with E-state index < -0.39 is 17.7 Å². The van der Waals surface area contributed by atoms with Crippen LogP contribution in [0.25, 0.3) is 10.9 Å². The number of rotatable bonds is 13. The fourth-order valence-electron chi connectivity index (χ4n) is 6.83. The molecule has 0 radical (unpaired) electrons. The van der Waals surface area contributed by atoms with E-state index in [1.165, 1.54) is 12.1 Å². The zero-order chi connectivity index (χ0) is 33.7. The van der Waals surface area contributed by atoms with Gasteiger partial charge >= 0.3 is 5.97 Å². The molecule has 1 amide bonds. The number of nitrogens with zero attached hydrogens (tertiary/aromatic N) is 1. The number of amides is 1. The van der Waals surface area contributed by atoms with Crippen molar-refractivity contribution in [3.63, 3.8) is 0 Å². The third-order valence-corrected chi connectivity index (χ3v) is 9.52. The summed E-state index contributed by atoms with van der Waals surface area (Å²) in [5.41, 5.74) is -0.351. The van der Waals surface area contributed by atoms with E-state index in [1.54, 1.807) is 60.7 Å². The number of ether oxygens (including phenoxy) is 1. The molecule has 50 heavy (non-hydrogen) atoms. The Morgan fingerprint density at radius 1 is 0.960 bits per heavy atom. The predicted octanol–water partition coefficient (Wildman–Crippen LogP) is 4.38. The number of aliphatic hydroxyl groups excluding tert-OH is 1. The highest BCUT2D eigenvalue weighted by molar-refractivity contribution is 5.92. The lowest BCUT2D eigenvalue weighted by molar-refractivity contribution is -0.177. The van der Waals surface area contributed by atoms with Crippen LogP contribution in [-0.2, 0) is 19.9 Å². The fourth-order valence-corrected chi connectivity index (χ4v) is 6.83. The van der Waals surface area contributed by atoms with Gasteiger partial charge in [-0.15, -0.1) is 24.8 Å². The third kappa shape index (κ3) is 8.66. The van der Waals surface area contributed by atoms with E-state index in [2.05, 4.69) is 20.5 Å². The summed E-state index contributed by atoms with van der Waals surface area (Å²) in [6, 6.07) is 21.5. The Balaban J connectivity index is 0.00000281. The molecule has 3 aliphatic rings. The van der Waals surface area contributed by atoms with Gasteiger partial charge in [-0.3, -0.25) is 14.5 Å². The molecule has 3 saturated heterocycles. The van der Waals surface area contributed by atoms with E-state index in [4.69, 9.17) is 4.74 Å². The molecule has 13 heteroatoms. The van der Waals surface area contributed by atoms with E-state index >= 15 is 0 Å². The monoisotopic (exact) mass is 726 g/mol. The highest BCUT2D eigenvalue weighted by Crippen LogP contribution is 2.36. The number of fused-ring (bicyclic) bond motifs is 4. The minimum Gasteiger partial charge on any atom is -0.506 e. The van der Waals surface area contributed by atoms with Crippen molar-refractivity contribution in [1.29, 1.82) is 0 Å². The molecule has 268 valence electrons. The molecular weight excluding hydrogens is 683 g/mol. The number of aromatic nitrogens is 1. The lowest BCUT2D eigenvalue weighted by atomic mass is 9.84. The molecule has 0 saturated carbocycles. The zero-order valence-corrected chi connectivity index (χ0v) is 29.2. The first-order valence-corrected chi connectivity index (χ1v) is 16.6. The van der Waals surface area contributed by atoms with Crippen molar-refractivity contribution in [3.05, 3.63) is 106 Å². The van der Waals surface area contributed by atoms with E-state index in [1.807, 2.05) is 6.07 Å². The molecule has 3 atom stereocenters. The number of hydrogen-bond acceptors (Lipinski definition) is 9. The molecule has 6 N–H and O–H groups in total. The lowest BCUT2D eigenvalue weighted by Crippen LogP contribution is -2.53. The van der Waals surface area contributed by atoms with E-state index in [0.29, 0.717) is 53.7 Å². The molecule has 3 aliphatic heterocycles. The summed E-state index contributed by atoms with van der Waals surface area (Å²) < 4.78 is 6.01. The molecule has 3 fully saturated rings. The van der Waals surface area contributed by atoms with Gasteiger partial charge in [-0.25, -0.2) is 4.79 Å². The minimum atomic E-state index is -2.05. The number of aliphatic hydroxyl groups is 2. The molecule has 0 aliphatic carbocycles. The number of unbranched alkanes of at least 4 members (excludes halogenated alkanes) is 1. The average molecular weight is 728 g/mol. The number of phenolic OH excluding ortho intramolecular Hbond substituents is 1. The summed E-state index contributed by atoms with van der Waals surface area (Å²) in [7, 11) is 0. The number of anilines is 1. The first kappa shape index (κ1) is 38.8. The standard InChI is InChI=1S/C37H42N4O7.2ClH/c42-30-14-12-28(29-13-15-34(45)40-35(29)30)31(43)22-38-18-5-4-11-33(44)39-27-10-6-9-26(21-27)37(47,25-7-2-1-3-8-25)36(46)48-32-23-41-19-16-24(32)17-20-41;;/h1-3,6-10,12-15,21,24,31-32,38,42-43,47H,4-5,11,16-20,22-23H2,(H,39,44)(H,40,45);2*1H/t31-,32-,37?;;/m0../s1. The van der Waals surface area contributed by atoms with Gasteiger partial charge in [0, 0.05) is 42.2 Å². The summed E-state index contributed by atoms with van der Waals surface area (Å²) in [5.74, 6) is -0.694. The Kier molecular flexibility index (Phi) is 13.4. The van der Waals surface area contributed by atoms with Crippen LogP contribution in [0.2, 0.25) is 0 Å². The number of benzene rings is 3. The van der Waals surface area contributed by atoms with Gasteiger partial charge in [0.05, 0.1) is 11.6 Å². The van der Waals surface area contributed by atoms with Crippen molar-refractivity contribution in [2.75, 3.05) is 38.0 Å². The first-order chi connectivity index (χ1) is 23.2. The zero-order valence-electron chi connectivity index (χ0n) is 27.5. The Bertz CT molecular complexity index is 1820. The van der Waals surface area contributed by atoms with Crippen LogP contribution in [0.4, 0.5) is 5.69 Å². The average Bonchev–Trinajstić information content (AvgIpc) is 3.10. The van der Waals surface area contributed by atoms with Crippen LogP contribution in [0.15, 0.2) is 83.7 Å². The number of aromatic amines is 1. The van der Waals surface area contributed by atoms with E-state index in [0.717, 1.165) is 25.9 Å². The second-order valence-electron chi connectivity index (χ2n) is 12.7. The molecule has 1 aromatic heterocycles. The number of halogens is 2. The van der Waals surface area contributed by atoms with Crippen molar-refractivity contribution in [3.8, 4) is 5.75 Å². The van der Waals surface area contributed by atoms with Gasteiger partial charge in [-0.1, -0.05) is 48.5 Å². The smallest absolute Gasteiger partial charge is 0.348 e. The summed E-state index contributed by atoms with van der Waals surface area (Å²) in [6.07, 6.45) is 2.35. The van der Waals surface area contributed by atoms with Crippen LogP contribution in [0.1, 0.15) is 54.9 Å².